The second-order valence-electron chi connectivity index (χ2n) is 21.2. The first-order valence-corrected chi connectivity index (χ1v) is 27.7. The Balaban J connectivity index is 0.000000279. The van der Waals surface area contributed by atoms with Crippen LogP contribution in [0.15, 0.2) is 146 Å². The number of aromatic nitrogens is 2. The van der Waals surface area contributed by atoms with Crippen LogP contribution < -0.4 is 33.7 Å². The average Bonchev–Trinajstić information content (AvgIpc) is 1.91. The third-order valence-electron chi connectivity index (χ3n) is 15.6. The van der Waals surface area contributed by atoms with E-state index in [-0.39, 0.29) is 49.5 Å². The number of rotatable bonds is 13. The standard InChI is InChI=1S/C29H33N3O4.C23H30N2O2.C6H5NO3.C4F6O2.CH4.2ClH/c1-35-26-10-2-3-11-27(26)36-24-8-6-7-23(21-24)22-30-17-12-29(13-18-30)14-19-31(20-15-29)28(33)25-9-4-5-16-32(25)34;1-26-21-7-2-3-8-22(21)27-20-6-4-5-19(17-20)18-25-15-11-23(12-16-25)9-13-24-14-10-23;8-6(9)5-3-1-2-4-7(5)10;5-3(6,7)1(11)2(12)4(8,9)10;;;/h2-11,16,21H,12-15,17-20,22H2,1H3;2-8,17,24H,9-16,18H2,1H3;1-4H,(H,8,9);;1H4;2*1H. The van der Waals surface area contributed by atoms with Gasteiger partial charge < -0.3 is 44.7 Å². The van der Waals surface area contributed by atoms with Crippen molar-refractivity contribution in [2.45, 2.75) is 84.2 Å². The van der Waals surface area contributed by atoms with Crippen molar-refractivity contribution < 1.29 is 79.0 Å². The first-order chi connectivity index (χ1) is 40.6. The molecule has 4 fully saturated rings. The fourth-order valence-corrected chi connectivity index (χ4v) is 10.7. The maximum atomic E-state index is 12.8. The zero-order valence-electron chi connectivity index (χ0n) is 47.9. The number of pyridine rings is 2. The number of hydrogen-bond acceptors (Lipinski definition) is 13. The summed E-state index contributed by atoms with van der Waals surface area (Å²) in [5.74, 6) is -3.58. The van der Waals surface area contributed by atoms with E-state index >= 15 is 0 Å². The number of carbonyl (C=O) groups is 4. The van der Waals surface area contributed by atoms with Crippen LogP contribution in [-0.2, 0) is 22.7 Å². The maximum absolute atomic E-state index is 12.8. The number of Topliss-reactive ketones (excluding diaryl/α,β-unsaturated/α-hetero) is 2. The molecular weight excluding hydrogens is 1200 g/mol. The number of ketones is 2. The van der Waals surface area contributed by atoms with Crippen LogP contribution in [0.25, 0.3) is 0 Å². The molecule has 4 aromatic carbocycles. The fourth-order valence-electron chi connectivity index (χ4n) is 10.7. The van der Waals surface area contributed by atoms with E-state index < -0.39 is 29.9 Å². The molecule has 10 rings (SSSR count). The molecule has 6 aromatic rings. The molecule has 0 radical (unpaired) electrons. The van der Waals surface area contributed by atoms with E-state index in [1.54, 1.807) is 32.4 Å². The molecule has 2 spiro atoms. The highest BCUT2D eigenvalue weighted by Gasteiger charge is 2.54. The summed E-state index contributed by atoms with van der Waals surface area (Å²) >= 11 is 0. The van der Waals surface area contributed by atoms with E-state index in [9.17, 15) is 55.9 Å². The maximum Gasteiger partial charge on any atom is 0.458 e. The number of alkyl halides is 6. The van der Waals surface area contributed by atoms with E-state index in [0.29, 0.717) is 31.8 Å². The van der Waals surface area contributed by atoms with Gasteiger partial charge in [-0.2, -0.15) is 35.8 Å². The molecule has 1 amide bonds. The van der Waals surface area contributed by atoms with Crippen LogP contribution in [0.4, 0.5) is 26.3 Å². The van der Waals surface area contributed by atoms with E-state index in [2.05, 4.69) is 45.4 Å². The van der Waals surface area contributed by atoms with Crippen LogP contribution >= 0.6 is 24.8 Å². The summed E-state index contributed by atoms with van der Waals surface area (Å²) in [4.78, 5) is 49.2. The largest absolute Gasteiger partial charge is 0.618 e. The molecule has 88 heavy (non-hydrogen) atoms. The second-order valence-corrected chi connectivity index (χ2v) is 21.2. The van der Waals surface area contributed by atoms with Crippen LogP contribution in [0.2, 0.25) is 0 Å². The van der Waals surface area contributed by atoms with Gasteiger partial charge in [-0.05, 0) is 173 Å². The van der Waals surface area contributed by atoms with Crippen molar-refractivity contribution in [1.29, 1.82) is 0 Å². The number of hydrogen-bond donors (Lipinski definition) is 2. The highest BCUT2D eigenvalue weighted by molar-refractivity contribution is 6.41. The van der Waals surface area contributed by atoms with Gasteiger partial charge >= 0.3 is 41.5 Å². The third-order valence-corrected chi connectivity index (χ3v) is 15.6. The van der Waals surface area contributed by atoms with Gasteiger partial charge in [-0.1, -0.05) is 56.0 Å². The summed E-state index contributed by atoms with van der Waals surface area (Å²) < 4.78 is 90.9. The van der Waals surface area contributed by atoms with Crippen LogP contribution in [0.1, 0.15) is 90.9 Å². The van der Waals surface area contributed by atoms with Crippen molar-refractivity contribution in [3.8, 4) is 34.5 Å². The van der Waals surface area contributed by atoms with Gasteiger partial charge in [-0.15, -0.1) is 24.8 Å². The number of likely N-dealkylation sites (tertiary alicyclic amines) is 3. The number of nitrogens with one attached hydrogen (secondary N) is 1. The van der Waals surface area contributed by atoms with Crippen molar-refractivity contribution in [1.82, 2.24) is 20.0 Å². The van der Waals surface area contributed by atoms with Crippen molar-refractivity contribution in [2.24, 2.45) is 10.8 Å². The molecule has 0 aliphatic carbocycles. The van der Waals surface area contributed by atoms with Crippen LogP contribution in [0.3, 0.4) is 0 Å². The van der Waals surface area contributed by atoms with E-state index in [1.807, 2.05) is 71.6 Å². The number of amides is 1. The molecule has 2 N–H and O–H groups in total. The van der Waals surface area contributed by atoms with Crippen molar-refractivity contribution in [2.75, 3.05) is 66.6 Å². The lowest BCUT2D eigenvalue weighted by Gasteiger charge is -2.46. The van der Waals surface area contributed by atoms with Gasteiger partial charge in [-0.25, -0.2) is 4.79 Å². The molecule has 0 bridgehead atoms. The van der Waals surface area contributed by atoms with E-state index in [1.165, 1.54) is 87.4 Å². The number of ether oxygens (including phenoxy) is 4. The number of carboxylic acids is 1. The Bertz CT molecular complexity index is 3180. The number of methoxy groups -OCH3 is 2. The molecule has 4 saturated heterocycles. The highest BCUT2D eigenvalue weighted by atomic mass is 35.5. The molecule has 0 atom stereocenters. The second kappa shape index (κ2) is 33.6. The molecule has 478 valence electrons. The van der Waals surface area contributed by atoms with Gasteiger partial charge in [0.2, 0.25) is 0 Å². The Labute approximate surface area is 520 Å². The Kier molecular flexibility index (Phi) is 27.8. The zero-order valence-corrected chi connectivity index (χ0v) is 49.6. The first kappa shape index (κ1) is 72.8. The van der Waals surface area contributed by atoms with E-state index in [0.717, 1.165) is 94.1 Å². The Morgan fingerprint density at radius 3 is 1.25 bits per heavy atom. The number of nitrogens with zero attached hydrogens (tertiary/aromatic N) is 5. The predicted molar refractivity (Wildman–Crippen MR) is 321 cm³/mol. The minimum atomic E-state index is -5.77. The van der Waals surface area contributed by atoms with Crippen molar-refractivity contribution >= 4 is 48.3 Å². The van der Waals surface area contributed by atoms with Gasteiger partial charge in [0.05, 0.1) is 14.2 Å². The van der Waals surface area contributed by atoms with Gasteiger partial charge in [0.25, 0.3) is 5.69 Å². The summed E-state index contributed by atoms with van der Waals surface area (Å²) in [6.07, 6.45) is 0.640. The molecular formula is C63H74Cl2F6N6O11. The monoisotopic (exact) mass is 1270 g/mol. The third kappa shape index (κ3) is 20.7. The molecule has 4 aliphatic heterocycles. The number of piperidine rings is 4. The number of halogens is 8. The normalized spacial score (nSPS) is 16.1. The summed E-state index contributed by atoms with van der Waals surface area (Å²) in [5.41, 5.74) is 3.39. The van der Waals surface area contributed by atoms with Gasteiger partial charge in [0, 0.05) is 50.4 Å². The molecule has 4 aliphatic rings. The van der Waals surface area contributed by atoms with Crippen molar-refractivity contribution in [3.05, 3.63) is 179 Å². The van der Waals surface area contributed by atoms with Crippen LogP contribution in [0, 0.1) is 21.2 Å². The number of carboxylic acid groups (broad SMARTS) is 1. The summed E-state index contributed by atoms with van der Waals surface area (Å²) in [6, 6.07) is 41.4. The highest BCUT2D eigenvalue weighted by Crippen LogP contribution is 2.43. The predicted octanol–water partition coefficient (Wildman–Crippen LogP) is 11.8. The van der Waals surface area contributed by atoms with Gasteiger partial charge in [0.15, 0.2) is 35.4 Å². The fraction of sp³-hybridized carbons (Fsp3) is 0.397. The Morgan fingerprint density at radius 1 is 0.523 bits per heavy atom. The molecule has 0 unspecified atom stereocenters. The SMILES string of the molecule is C.COc1ccccc1Oc1cccc(CN2CCC3(CC2)CCN(C(=O)c2cccc[n+]2[O-])CC3)c1.COc1ccccc1Oc1cccc(CN2CCC3(CCNCC3)CC2)c1.Cl.Cl.O=C(C(=O)C(F)(F)F)C(F)(F)F.O=C(O)c1cccc[n+]1[O-]. The van der Waals surface area contributed by atoms with Crippen molar-refractivity contribution in [3.63, 3.8) is 0 Å². The first-order valence-electron chi connectivity index (χ1n) is 27.7. The minimum Gasteiger partial charge on any atom is -0.618 e. The van der Waals surface area contributed by atoms with Gasteiger partial charge in [-0.3, -0.25) is 24.2 Å². The Hall–Kier alpha value is -7.70. The lowest BCUT2D eigenvalue weighted by molar-refractivity contribution is -0.608. The van der Waals surface area contributed by atoms with Crippen LogP contribution in [-0.4, -0.2) is 122 Å². The summed E-state index contributed by atoms with van der Waals surface area (Å²) in [7, 11) is 3.32. The molecule has 6 heterocycles. The Morgan fingerprint density at radius 2 is 0.886 bits per heavy atom. The number of carbonyl (C=O) groups excluding carboxylic acids is 3. The lowest BCUT2D eigenvalue weighted by Crippen LogP contribution is -2.50. The number of aromatic carboxylic acids is 1. The van der Waals surface area contributed by atoms with E-state index in [4.69, 9.17) is 24.1 Å². The van der Waals surface area contributed by atoms with Crippen LogP contribution in [0.5, 0.6) is 34.5 Å². The molecule has 0 saturated carbocycles. The van der Waals surface area contributed by atoms with Gasteiger partial charge in [0.1, 0.15) is 11.5 Å². The molecule has 17 nitrogen and oxygen atoms in total. The minimum absolute atomic E-state index is 0. The average molecular weight is 1280 g/mol. The quantitative estimate of drug-likeness (QED) is 0.0479. The number of benzene rings is 4. The number of para-hydroxylation sites is 4. The summed E-state index contributed by atoms with van der Waals surface area (Å²) in [5, 5.41) is 34.4. The zero-order chi connectivity index (χ0) is 61.2. The smallest absolute Gasteiger partial charge is 0.458 e. The topological polar surface area (TPSA) is 201 Å². The summed E-state index contributed by atoms with van der Waals surface area (Å²) in [6.45, 7) is 10.2. The molecule has 2 aromatic heterocycles. The molecule has 25 heteroatoms. The lowest BCUT2D eigenvalue weighted by atomic mass is 9.71.